The number of nitrogens with zero attached hydrogens (tertiary/aromatic N) is 1. The average Bonchev–Trinajstić information content (AvgIpc) is 2.20. The molecule has 90 valence electrons. The first-order chi connectivity index (χ1) is 7.27. The number of alkyl halides is 1. The Morgan fingerprint density at radius 2 is 1.27 bits per heavy atom. The van der Waals surface area contributed by atoms with Crippen LogP contribution in [0.2, 0.25) is 0 Å². The lowest BCUT2D eigenvalue weighted by atomic mass is 10.1. The van der Waals surface area contributed by atoms with E-state index < -0.39 is 0 Å². The van der Waals surface area contributed by atoms with Crippen LogP contribution in [0, 0.1) is 0 Å². The van der Waals surface area contributed by atoms with Crippen molar-refractivity contribution in [3.8, 4) is 0 Å². The molecular weight excluding hydrogens is 254 g/mol. The fourth-order valence-corrected chi connectivity index (χ4v) is 1.87. The summed E-state index contributed by atoms with van der Waals surface area (Å²) in [5.74, 6) is 0.213. The van der Waals surface area contributed by atoms with Crippen LogP contribution in [0.25, 0.3) is 0 Å². The molecule has 0 amide bonds. The van der Waals surface area contributed by atoms with Gasteiger partial charge in [-0.1, -0.05) is 54.5 Å². The fourth-order valence-electron chi connectivity index (χ4n) is 1.48. The quantitative estimate of drug-likeness (QED) is 0.279. The minimum absolute atomic E-state index is 0.213. The first kappa shape index (κ1) is 14.8. The van der Waals surface area contributed by atoms with Gasteiger partial charge in [0.05, 0.1) is 0 Å². The van der Waals surface area contributed by atoms with Crippen LogP contribution >= 0.6 is 15.9 Å². The number of aliphatic imine (C=N–C) groups is 1. The Morgan fingerprint density at radius 3 is 1.73 bits per heavy atom. The zero-order valence-electron chi connectivity index (χ0n) is 9.55. The SMILES string of the molecule is NC(N)=NCCCCCCCCCCBr. The van der Waals surface area contributed by atoms with Crippen molar-refractivity contribution in [2.24, 2.45) is 16.5 Å². The largest absolute Gasteiger partial charge is 0.370 e. The summed E-state index contributed by atoms with van der Waals surface area (Å²) in [5.41, 5.74) is 10.5. The van der Waals surface area contributed by atoms with E-state index in [0.717, 1.165) is 18.3 Å². The molecule has 0 aliphatic carbocycles. The molecule has 0 rings (SSSR count). The van der Waals surface area contributed by atoms with Gasteiger partial charge in [0.2, 0.25) is 0 Å². The van der Waals surface area contributed by atoms with E-state index in [0.29, 0.717) is 0 Å². The van der Waals surface area contributed by atoms with Crippen molar-refractivity contribution in [2.75, 3.05) is 11.9 Å². The second-order valence-corrected chi connectivity index (χ2v) is 4.62. The zero-order chi connectivity index (χ0) is 11.4. The van der Waals surface area contributed by atoms with Gasteiger partial charge in [0.25, 0.3) is 0 Å². The van der Waals surface area contributed by atoms with Crippen LogP contribution in [0.15, 0.2) is 4.99 Å². The molecule has 0 heterocycles. The summed E-state index contributed by atoms with van der Waals surface area (Å²) in [4.78, 5) is 3.95. The van der Waals surface area contributed by atoms with E-state index in [2.05, 4.69) is 20.9 Å². The molecular formula is C11H24BrN3. The third kappa shape index (κ3) is 13.8. The fraction of sp³-hybridized carbons (Fsp3) is 0.909. The molecule has 4 N–H and O–H groups in total. The minimum atomic E-state index is 0.213. The van der Waals surface area contributed by atoms with E-state index in [1.807, 2.05) is 0 Å². The number of guanidine groups is 1. The topological polar surface area (TPSA) is 64.4 Å². The molecule has 0 radical (unpaired) electrons. The van der Waals surface area contributed by atoms with Crippen LogP contribution in [0.3, 0.4) is 0 Å². The zero-order valence-corrected chi connectivity index (χ0v) is 11.1. The highest BCUT2D eigenvalue weighted by molar-refractivity contribution is 9.09. The van der Waals surface area contributed by atoms with E-state index >= 15 is 0 Å². The summed E-state index contributed by atoms with van der Waals surface area (Å²) in [5, 5.41) is 1.14. The Kier molecular flexibility index (Phi) is 11.6. The molecule has 0 aromatic heterocycles. The van der Waals surface area contributed by atoms with Gasteiger partial charge in [-0.15, -0.1) is 0 Å². The molecule has 0 aromatic carbocycles. The predicted octanol–water partition coefficient (Wildman–Crippen LogP) is 2.78. The molecule has 0 fully saturated rings. The average molecular weight is 278 g/mol. The second-order valence-electron chi connectivity index (χ2n) is 3.82. The lowest BCUT2D eigenvalue weighted by Gasteiger charge is -2.00. The van der Waals surface area contributed by atoms with Gasteiger partial charge in [-0.25, -0.2) is 0 Å². The Hall–Kier alpha value is -0.250. The molecule has 4 heteroatoms. The number of hydrogen-bond acceptors (Lipinski definition) is 1. The van der Waals surface area contributed by atoms with Gasteiger partial charge < -0.3 is 11.5 Å². The maximum atomic E-state index is 5.23. The molecule has 0 unspecified atom stereocenters. The van der Waals surface area contributed by atoms with Gasteiger partial charge in [0, 0.05) is 11.9 Å². The molecule has 0 bridgehead atoms. The van der Waals surface area contributed by atoms with E-state index in [-0.39, 0.29) is 5.96 Å². The van der Waals surface area contributed by atoms with E-state index in [1.165, 1.54) is 44.9 Å². The van der Waals surface area contributed by atoms with Crippen molar-refractivity contribution < 1.29 is 0 Å². The van der Waals surface area contributed by atoms with Crippen molar-refractivity contribution in [3.63, 3.8) is 0 Å². The maximum Gasteiger partial charge on any atom is 0.185 e. The van der Waals surface area contributed by atoms with Crippen molar-refractivity contribution in [3.05, 3.63) is 0 Å². The van der Waals surface area contributed by atoms with Crippen LogP contribution in [0.5, 0.6) is 0 Å². The highest BCUT2D eigenvalue weighted by atomic mass is 79.9. The molecule has 0 saturated carbocycles. The minimum Gasteiger partial charge on any atom is -0.370 e. The number of nitrogens with two attached hydrogens (primary N) is 2. The summed E-state index contributed by atoms with van der Waals surface area (Å²) in [6.45, 7) is 0.784. The predicted molar refractivity (Wildman–Crippen MR) is 71.4 cm³/mol. The molecule has 0 aliphatic rings. The standard InChI is InChI=1S/C11H24BrN3/c12-9-7-5-3-1-2-4-6-8-10-15-11(13)14/h1-10H2,(H4,13,14,15). The lowest BCUT2D eigenvalue weighted by molar-refractivity contribution is 0.580. The Bertz CT molecular complexity index is 156. The molecule has 3 nitrogen and oxygen atoms in total. The normalized spacial score (nSPS) is 10.2. The molecule has 0 spiro atoms. The smallest absolute Gasteiger partial charge is 0.185 e. The van der Waals surface area contributed by atoms with Crippen LogP contribution in [0.1, 0.15) is 51.4 Å². The molecule has 0 aliphatic heterocycles. The molecule has 0 aromatic rings. The summed E-state index contributed by atoms with van der Waals surface area (Å²) in [7, 11) is 0. The summed E-state index contributed by atoms with van der Waals surface area (Å²) in [6.07, 6.45) is 10.4. The third-order valence-electron chi connectivity index (χ3n) is 2.34. The number of rotatable bonds is 10. The molecule has 0 saturated heterocycles. The summed E-state index contributed by atoms with van der Waals surface area (Å²) < 4.78 is 0. The Balaban J connectivity index is 2.96. The van der Waals surface area contributed by atoms with Crippen LogP contribution < -0.4 is 11.5 Å². The number of unbranched alkanes of at least 4 members (excludes halogenated alkanes) is 7. The highest BCUT2D eigenvalue weighted by Crippen LogP contribution is 2.09. The summed E-state index contributed by atoms with van der Waals surface area (Å²) in [6, 6.07) is 0. The van der Waals surface area contributed by atoms with Crippen LogP contribution in [0.4, 0.5) is 0 Å². The van der Waals surface area contributed by atoms with Gasteiger partial charge in [0.15, 0.2) is 5.96 Å². The first-order valence-corrected chi connectivity index (χ1v) is 7.01. The van der Waals surface area contributed by atoms with Crippen molar-refractivity contribution in [1.29, 1.82) is 0 Å². The van der Waals surface area contributed by atoms with Gasteiger partial charge in [-0.05, 0) is 12.8 Å². The Morgan fingerprint density at radius 1 is 0.800 bits per heavy atom. The molecule has 0 atom stereocenters. The van der Waals surface area contributed by atoms with Gasteiger partial charge in [-0.2, -0.15) is 0 Å². The van der Waals surface area contributed by atoms with Gasteiger partial charge in [0.1, 0.15) is 0 Å². The van der Waals surface area contributed by atoms with Gasteiger partial charge >= 0.3 is 0 Å². The lowest BCUT2D eigenvalue weighted by Crippen LogP contribution is -2.22. The van der Waals surface area contributed by atoms with E-state index in [4.69, 9.17) is 11.5 Å². The van der Waals surface area contributed by atoms with Crippen LogP contribution in [-0.2, 0) is 0 Å². The van der Waals surface area contributed by atoms with Crippen LogP contribution in [-0.4, -0.2) is 17.8 Å². The van der Waals surface area contributed by atoms with Crippen molar-refractivity contribution in [1.82, 2.24) is 0 Å². The maximum absolute atomic E-state index is 5.23. The summed E-state index contributed by atoms with van der Waals surface area (Å²) >= 11 is 3.44. The van der Waals surface area contributed by atoms with E-state index in [9.17, 15) is 0 Å². The van der Waals surface area contributed by atoms with Gasteiger partial charge in [-0.3, -0.25) is 4.99 Å². The number of hydrogen-bond donors (Lipinski definition) is 2. The highest BCUT2D eigenvalue weighted by Gasteiger charge is 1.91. The van der Waals surface area contributed by atoms with E-state index in [1.54, 1.807) is 0 Å². The second kappa shape index (κ2) is 11.8. The molecule has 15 heavy (non-hydrogen) atoms. The first-order valence-electron chi connectivity index (χ1n) is 5.88. The van der Waals surface area contributed by atoms with Crippen molar-refractivity contribution >= 4 is 21.9 Å². The Labute approximate surface area is 102 Å². The van der Waals surface area contributed by atoms with Crippen molar-refractivity contribution in [2.45, 2.75) is 51.4 Å². The number of halogens is 1. The monoisotopic (exact) mass is 277 g/mol. The third-order valence-corrected chi connectivity index (χ3v) is 2.90.